The lowest BCUT2D eigenvalue weighted by Gasteiger charge is -2.29. The summed E-state index contributed by atoms with van der Waals surface area (Å²) >= 11 is 0. The lowest BCUT2D eigenvalue weighted by molar-refractivity contribution is 0.657. The molecule has 1 aliphatic carbocycles. The third-order valence-corrected chi connectivity index (χ3v) is 11.3. The van der Waals surface area contributed by atoms with Crippen LogP contribution in [0.5, 0.6) is 0 Å². The average molecular weight is 705 g/mol. The van der Waals surface area contributed by atoms with Gasteiger partial charge in [0.05, 0.1) is 11.0 Å². The summed E-state index contributed by atoms with van der Waals surface area (Å²) in [7, 11) is 0. The molecule has 0 radical (unpaired) electrons. The first-order chi connectivity index (χ1) is 27.3. The summed E-state index contributed by atoms with van der Waals surface area (Å²) in [5.41, 5.74) is 12.5. The van der Waals surface area contributed by atoms with Crippen molar-refractivity contribution in [2.75, 3.05) is 4.90 Å². The number of aromatic nitrogens is 1. The van der Waals surface area contributed by atoms with Crippen LogP contribution in [0.1, 0.15) is 17.9 Å². The highest BCUT2D eigenvalue weighted by molar-refractivity contribution is 6.13. The van der Waals surface area contributed by atoms with Gasteiger partial charge in [0.15, 0.2) is 0 Å². The minimum Gasteiger partial charge on any atom is -0.456 e. The number of rotatable bonds is 6. The lowest BCUT2D eigenvalue weighted by atomic mass is 9.90. The predicted octanol–water partition coefficient (Wildman–Crippen LogP) is 14.3. The summed E-state index contributed by atoms with van der Waals surface area (Å²) in [5, 5.41) is 7.41. The van der Waals surface area contributed by atoms with E-state index < -0.39 is 0 Å². The van der Waals surface area contributed by atoms with Gasteiger partial charge in [-0.15, -0.1) is 0 Å². The Labute approximate surface area is 319 Å². The van der Waals surface area contributed by atoms with Crippen LogP contribution >= 0.6 is 0 Å². The second-order valence-corrected chi connectivity index (χ2v) is 14.5. The summed E-state index contributed by atoms with van der Waals surface area (Å²) in [6, 6.07) is 65.5. The Morgan fingerprint density at radius 2 is 1.16 bits per heavy atom. The lowest BCUT2D eigenvalue weighted by Crippen LogP contribution is -2.17. The smallest absolute Gasteiger partial charge is 0.139 e. The van der Waals surface area contributed by atoms with Gasteiger partial charge in [0, 0.05) is 55.8 Å². The molecule has 260 valence electrons. The van der Waals surface area contributed by atoms with E-state index in [1.807, 2.05) is 6.07 Å². The fourth-order valence-electron chi connectivity index (χ4n) is 8.63. The van der Waals surface area contributed by atoms with E-state index in [4.69, 9.17) is 4.42 Å². The maximum atomic E-state index is 6.40. The normalized spacial score (nSPS) is 14.3. The Hall–Kier alpha value is -7.10. The highest BCUT2D eigenvalue weighted by Gasteiger charge is 2.21. The molecule has 3 nitrogen and oxygen atoms in total. The monoisotopic (exact) mass is 704 g/mol. The van der Waals surface area contributed by atoms with Crippen molar-refractivity contribution in [3.05, 3.63) is 211 Å². The minimum atomic E-state index is 0.234. The molecule has 0 saturated carbocycles. The maximum Gasteiger partial charge on any atom is 0.139 e. The molecule has 0 spiro atoms. The zero-order valence-corrected chi connectivity index (χ0v) is 30.1. The molecule has 2 heterocycles. The van der Waals surface area contributed by atoms with Crippen LogP contribution in [0.15, 0.2) is 210 Å². The molecule has 1 unspecified atom stereocenters. The summed E-state index contributed by atoms with van der Waals surface area (Å²) in [4.78, 5) is 2.35. The van der Waals surface area contributed by atoms with Gasteiger partial charge in [-0.3, -0.25) is 0 Å². The second-order valence-electron chi connectivity index (χ2n) is 14.5. The van der Waals surface area contributed by atoms with Crippen LogP contribution in [0.3, 0.4) is 0 Å². The van der Waals surface area contributed by atoms with Crippen LogP contribution in [0.4, 0.5) is 11.4 Å². The maximum absolute atomic E-state index is 6.40. The largest absolute Gasteiger partial charge is 0.456 e. The summed E-state index contributed by atoms with van der Waals surface area (Å²) < 4.78 is 8.80. The van der Waals surface area contributed by atoms with E-state index in [0.717, 1.165) is 40.3 Å². The molecule has 0 aliphatic heterocycles. The SMILES string of the molecule is C1=CC(c2cccc3c2oc2ccccc23)CC=C1N(c1ccccc1)c1ccc(-c2ccc(-n3c4ccccc4c4cc5ccccc5cc43)cc2)cc1. The molecule has 0 N–H and O–H groups in total. The molecule has 0 fully saturated rings. The van der Waals surface area contributed by atoms with Gasteiger partial charge in [-0.1, -0.05) is 133 Å². The standard InChI is InChI=1S/C52H36N2O/c1-2-13-40(14-3-1)53(42-31-25-37(26-32-42)44-17-10-18-47-46-16-7-9-20-51(46)55-52(44)47)41-27-21-35(22-28-41)36-23-29-43(30-24-36)54-49-19-8-6-15-45(49)48-33-38-11-4-5-12-39(38)34-50(48)54/h1-25,27-34,37H,26H2. The molecule has 1 aliphatic rings. The van der Waals surface area contributed by atoms with Crippen LogP contribution in [-0.4, -0.2) is 4.57 Å². The highest BCUT2D eigenvalue weighted by atomic mass is 16.3. The fraction of sp³-hybridized carbons (Fsp3) is 0.0385. The van der Waals surface area contributed by atoms with Gasteiger partial charge >= 0.3 is 0 Å². The quantitative estimate of drug-likeness (QED) is 0.172. The first-order valence-electron chi connectivity index (χ1n) is 19.0. The Kier molecular flexibility index (Phi) is 7.31. The molecule has 10 aromatic rings. The Balaban J connectivity index is 0.904. The van der Waals surface area contributed by atoms with Gasteiger partial charge in [0.2, 0.25) is 0 Å². The topological polar surface area (TPSA) is 21.3 Å². The third-order valence-electron chi connectivity index (χ3n) is 11.3. The molecule has 1 atom stereocenters. The van der Waals surface area contributed by atoms with Crippen LogP contribution < -0.4 is 4.90 Å². The van der Waals surface area contributed by atoms with E-state index in [2.05, 4.69) is 204 Å². The van der Waals surface area contributed by atoms with E-state index in [-0.39, 0.29) is 5.92 Å². The molecule has 0 saturated heterocycles. The molecule has 3 heteroatoms. The van der Waals surface area contributed by atoms with E-state index in [0.29, 0.717) is 0 Å². The molecule has 11 rings (SSSR count). The number of furan rings is 1. The van der Waals surface area contributed by atoms with Crippen molar-refractivity contribution in [1.29, 1.82) is 0 Å². The number of hydrogen-bond acceptors (Lipinski definition) is 2. The van der Waals surface area contributed by atoms with Crippen molar-refractivity contribution < 1.29 is 4.42 Å². The number of benzene rings is 8. The number of anilines is 2. The van der Waals surface area contributed by atoms with Crippen molar-refractivity contribution in [1.82, 2.24) is 4.57 Å². The van der Waals surface area contributed by atoms with Gasteiger partial charge in [-0.2, -0.15) is 0 Å². The number of hydrogen-bond donors (Lipinski definition) is 0. The highest BCUT2D eigenvalue weighted by Crippen LogP contribution is 2.40. The summed E-state index contributed by atoms with van der Waals surface area (Å²) in [6.07, 6.45) is 7.86. The van der Waals surface area contributed by atoms with E-state index in [1.165, 1.54) is 60.0 Å². The Morgan fingerprint density at radius 1 is 0.509 bits per heavy atom. The van der Waals surface area contributed by atoms with Crippen molar-refractivity contribution >= 4 is 65.9 Å². The molecule has 0 amide bonds. The van der Waals surface area contributed by atoms with Crippen LogP contribution in [0.2, 0.25) is 0 Å². The van der Waals surface area contributed by atoms with Crippen molar-refractivity contribution in [2.24, 2.45) is 0 Å². The van der Waals surface area contributed by atoms with E-state index in [9.17, 15) is 0 Å². The molecule has 0 bridgehead atoms. The third kappa shape index (κ3) is 5.27. The van der Waals surface area contributed by atoms with E-state index in [1.54, 1.807) is 0 Å². The van der Waals surface area contributed by atoms with Crippen molar-refractivity contribution in [3.8, 4) is 16.8 Å². The number of para-hydroxylation sites is 4. The van der Waals surface area contributed by atoms with Crippen molar-refractivity contribution in [3.63, 3.8) is 0 Å². The molecule has 8 aromatic carbocycles. The van der Waals surface area contributed by atoms with Gasteiger partial charge in [0.1, 0.15) is 11.2 Å². The first-order valence-corrected chi connectivity index (χ1v) is 19.0. The van der Waals surface area contributed by atoms with Crippen LogP contribution in [-0.2, 0) is 0 Å². The van der Waals surface area contributed by atoms with Gasteiger partial charge < -0.3 is 13.9 Å². The second kappa shape index (κ2) is 12.8. The zero-order chi connectivity index (χ0) is 36.3. The number of fused-ring (bicyclic) bond motifs is 7. The van der Waals surface area contributed by atoms with Gasteiger partial charge in [-0.25, -0.2) is 0 Å². The van der Waals surface area contributed by atoms with Crippen LogP contribution in [0.25, 0.3) is 71.3 Å². The fourth-order valence-corrected chi connectivity index (χ4v) is 8.63. The summed E-state index contributed by atoms with van der Waals surface area (Å²) in [5.74, 6) is 0.234. The number of allylic oxidation sites excluding steroid dienone is 3. The van der Waals surface area contributed by atoms with Crippen molar-refractivity contribution in [2.45, 2.75) is 12.3 Å². The average Bonchev–Trinajstić information content (AvgIpc) is 3.79. The molecular formula is C52H36N2O. The Bertz CT molecular complexity index is 3110. The number of nitrogens with zero attached hydrogens (tertiary/aromatic N) is 2. The zero-order valence-electron chi connectivity index (χ0n) is 30.1. The first kappa shape index (κ1) is 31.4. The minimum absolute atomic E-state index is 0.234. The predicted molar refractivity (Wildman–Crippen MR) is 231 cm³/mol. The van der Waals surface area contributed by atoms with E-state index >= 15 is 0 Å². The Morgan fingerprint density at radius 3 is 1.95 bits per heavy atom. The molecular weight excluding hydrogens is 669 g/mol. The van der Waals surface area contributed by atoms with Gasteiger partial charge in [-0.05, 0) is 95.1 Å². The summed E-state index contributed by atoms with van der Waals surface area (Å²) in [6.45, 7) is 0. The van der Waals surface area contributed by atoms with Crippen LogP contribution in [0, 0.1) is 0 Å². The van der Waals surface area contributed by atoms with Gasteiger partial charge in [0.25, 0.3) is 0 Å². The molecule has 55 heavy (non-hydrogen) atoms. The molecule has 2 aromatic heterocycles.